The van der Waals surface area contributed by atoms with Gasteiger partial charge in [-0.2, -0.15) is 0 Å². The molecule has 0 unspecified atom stereocenters. The number of nitrogens with zero attached hydrogens (tertiary/aromatic N) is 2. The Balaban J connectivity index is 1.86. The zero-order valence-electron chi connectivity index (χ0n) is 15.1. The van der Waals surface area contributed by atoms with E-state index in [0.29, 0.717) is 0 Å². The number of aryl methyl sites for hydroxylation is 2. The van der Waals surface area contributed by atoms with Gasteiger partial charge in [0.05, 0.1) is 23.6 Å². The summed E-state index contributed by atoms with van der Waals surface area (Å²) in [5, 5.41) is 0. The van der Waals surface area contributed by atoms with Gasteiger partial charge in [-0.25, -0.2) is 13.2 Å². The molecule has 0 spiro atoms. The average molecular weight is 370 g/mol. The second-order valence-corrected chi connectivity index (χ2v) is 9.45. The summed E-state index contributed by atoms with van der Waals surface area (Å²) in [5.74, 6) is 0.0256. The minimum atomic E-state index is -3.18. The molecule has 0 saturated carbocycles. The smallest absolute Gasteiger partial charge is 0.288 e. The van der Waals surface area contributed by atoms with Crippen LogP contribution >= 0.6 is 0 Å². The van der Waals surface area contributed by atoms with Crippen LogP contribution in [0.5, 0.6) is 0 Å². The van der Waals surface area contributed by atoms with Gasteiger partial charge in [-0.05, 0) is 55.7 Å². The molecule has 2 aromatic carbocycles. The molecule has 5 nitrogen and oxygen atoms in total. The zero-order valence-corrected chi connectivity index (χ0v) is 16.0. The number of sulfone groups is 1. The summed E-state index contributed by atoms with van der Waals surface area (Å²) < 4.78 is 24.7. The maximum Gasteiger partial charge on any atom is 0.329 e. The molecule has 2 aliphatic heterocycles. The van der Waals surface area contributed by atoms with Crippen LogP contribution in [0.2, 0.25) is 0 Å². The first-order valence-electron chi connectivity index (χ1n) is 8.74. The molecular weight excluding hydrogens is 348 g/mol. The van der Waals surface area contributed by atoms with Crippen molar-refractivity contribution in [3.8, 4) is 0 Å². The lowest BCUT2D eigenvalue weighted by Crippen LogP contribution is -2.38. The molecule has 0 N–H and O–H groups in total. The van der Waals surface area contributed by atoms with Gasteiger partial charge in [0, 0.05) is 11.4 Å². The van der Waals surface area contributed by atoms with E-state index in [0.717, 1.165) is 28.1 Å². The molecule has 2 fully saturated rings. The van der Waals surface area contributed by atoms with Gasteiger partial charge in [0.25, 0.3) is 0 Å². The number of hydrogen-bond donors (Lipinski definition) is 0. The molecule has 136 valence electrons. The van der Waals surface area contributed by atoms with Gasteiger partial charge in [0.1, 0.15) is 0 Å². The van der Waals surface area contributed by atoms with E-state index in [-0.39, 0.29) is 29.6 Å². The fraction of sp³-hybridized carbons (Fsp3) is 0.350. The van der Waals surface area contributed by atoms with Crippen LogP contribution in [-0.2, 0) is 9.84 Å². The van der Waals surface area contributed by atoms with Crippen molar-refractivity contribution in [3.63, 3.8) is 0 Å². The maximum atomic E-state index is 13.4. The Kier molecular flexibility index (Phi) is 3.84. The van der Waals surface area contributed by atoms with Crippen molar-refractivity contribution in [1.29, 1.82) is 0 Å². The molecule has 0 bridgehead atoms. The average Bonchev–Trinajstić information content (AvgIpc) is 2.99. The first-order chi connectivity index (χ1) is 12.3. The first kappa shape index (κ1) is 17.1. The van der Waals surface area contributed by atoms with Crippen LogP contribution in [0.15, 0.2) is 42.5 Å². The summed E-state index contributed by atoms with van der Waals surface area (Å²) in [6.45, 7) is 5.95. The normalized spacial score (nSPS) is 24.2. The van der Waals surface area contributed by atoms with Crippen LogP contribution in [0.4, 0.5) is 16.2 Å². The van der Waals surface area contributed by atoms with Crippen LogP contribution in [0.25, 0.3) is 0 Å². The van der Waals surface area contributed by atoms with Crippen LogP contribution in [0.3, 0.4) is 0 Å². The first-order valence-corrected chi connectivity index (χ1v) is 10.6. The van der Waals surface area contributed by atoms with Gasteiger partial charge in [-0.15, -0.1) is 0 Å². The topological polar surface area (TPSA) is 57.7 Å². The summed E-state index contributed by atoms with van der Waals surface area (Å²) in [6, 6.07) is 12.6. The highest BCUT2D eigenvalue weighted by molar-refractivity contribution is 7.91. The van der Waals surface area contributed by atoms with E-state index >= 15 is 0 Å². The highest BCUT2D eigenvalue weighted by atomic mass is 32.2. The van der Waals surface area contributed by atoms with Crippen LogP contribution in [0, 0.1) is 20.8 Å². The van der Waals surface area contributed by atoms with E-state index in [1.54, 1.807) is 9.80 Å². The highest BCUT2D eigenvalue weighted by Gasteiger charge is 2.54. The SMILES string of the molecule is Cc1cccc(N2C(=O)N(c3cccc(C)c3C)[C@@H]3CS(=O)(=O)C[C@@H]32)c1. The second-order valence-electron chi connectivity index (χ2n) is 7.29. The van der Waals surface area contributed by atoms with Gasteiger partial charge in [-0.1, -0.05) is 24.3 Å². The third kappa shape index (κ3) is 2.60. The molecule has 2 amide bonds. The number of amides is 2. The summed E-state index contributed by atoms with van der Waals surface area (Å²) in [5.41, 5.74) is 4.70. The molecule has 0 radical (unpaired) electrons. The number of benzene rings is 2. The Bertz CT molecular complexity index is 1000. The number of hydrogen-bond acceptors (Lipinski definition) is 3. The minimum absolute atomic E-state index is 0.0126. The quantitative estimate of drug-likeness (QED) is 0.763. The lowest BCUT2D eigenvalue weighted by molar-refractivity contribution is 0.255. The predicted octanol–water partition coefficient (Wildman–Crippen LogP) is 3.22. The second kappa shape index (κ2) is 5.84. The summed E-state index contributed by atoms with van der Waals surface area (Å²) in [7, 11) is -3.18. The number of urea groups is 1. The third-order valence-electron chi connectivity index (χ3n) is 5.48. The number of rotatable bonds is 2. The number of carbonyl (C=O) groups excluding carboxylic acids is 1. The van der Waals surface area contributed by atoms with Crippen molar-refractivity contribution < 1.29 is 13.2 Å². The largest absolute Gasteiger partial charge is 0.329 e. The van der Waals surface area contributed by atoms with E-state index in [2.05, 4.69) is 0 Å². The minimum Gasteiger partial charge on any atom is -0.288 e. The summed E-state index contributed by atoms with van der Waals surface area (Å²) in [6.07, 6.45) is 0. The molecule has 0 aromatic heterocycles. The molecule has 2 aromatic rings. The Morgan fingerprint density at radius 2 is 1.58 bits per heavy atom. The van der Waals surface area contributed by atoms with Crippen LogP contribution in [-0.4, -0.2) is 38.0 Å². The van der Waals surface area contributed by atoms with Crippen molar-refractivity contribution in [3.05, 3.63) is 59.2 Å². The Morgan fingerprint density at radius 1 is 0.923 bits per heavy atom. The van der Waals surface area contributed by atoms with Crippen LogP contribution in [0.1, 0.15) is 16.7 Å². The van der Waals surface area contributed by atoms with E-state index in [1.165, 1.54) is 0 Å². The Morgan fingerprint density at radius 3 is 2.27 bits per heavy atom. The van der Waals surface area contributed by atoms with Crippen molar-refractivity contribution in [2.24, 2.45) is 0 Å². The van der Waals surface area contributed by atoms with Gasteiger partial charge >= 0.3 is 6.03 Å². The molecule has 2 atom stereocenters. The molecule has 26 heavy (non-hydrogen) atoms. The molecule has 2 aliphatic rings. The lowest BCUT2D eigenvalue weighted by Gasteiger charge is -2.24. The van der Waals surface area contributed by atoms with E-state index < -0.39 is 9.84 Å². The number of carbonyl (C=O) groups is 1. The van der Waals surface area contributed by atoms with Crippen molar-refractivity contribution in [2.75, 3.05) is 21.3 Å². The third-order valence-corrected chi connectivity index (χ3v) is 7.18. The van der Waals surface area contributed by atoms with Crippen molar-refractivity contribution in [2.45, 2.75) is 32.9 Å². The van der Waals surface area contributed by atoms with Crippen LogP contribution < -0.4 is 9.80 Å². The fourth-order valence-corrected chi connectivity index (χ4v) is 5.98. The zero-order chi connectivity index (χ0) is 18.6. The van der Waals surface area contributed by atoms with Gasteiger partial charge in [0.2, 0.25) is 0 Å². The predicted molar refractivity (Wildman–Crippen MR) is 104 cm³/mol. The molecule has 0 aliphatic carbocycles. The molecule has 6 heteroatoms. The van der Waals surface area contributed by atoms with Gasteiger partial charge in [0.15, 0.2) is 9.84 Å². The van der Waals surface area contributed by atoms with E-state index in [9.17, 15) is 13.2 Å². The van der Waals surface area contributed by atoms with Crippen molar-refractivity contribution in [1.82, 2.24) is 0 Å². The van der Waals surface area contributed by atoms with Crippen molar-refractivity contribution >= 4 is 27.2 Å². The maximum absolute atomic E-state index is 13.4. The molecular formula is C20H22N2O3S. The van der Waals surface area contributed by atoms with E-state index in [4.69, 9.17) is 0 Å². The Hall–Kier alpha value is -2.34. The number of fused-ring (bicyclic) bond motifs is 1. The molecule has 2 saturated heterocycles. The number of anilines is 2. The summed E-state index contributed by atoms with van der Waals surface area (Å²) >= 11 is 0. The summed E-state index contributed by atoms with van der Waals surface area (Å²) in [4.78, 5) is 16.7. The monoisotopic (exact) mass is 370 g/mol. The van der Waals surface area contributed by atoms with E-state index in [1.807, 2.05) is 63.2 Å². The molecule has 4 rings (SSSR count). The highest BCUT2D eigenvalue weighted by Crippen LogP contribution is 2.39. The lowest BCUT2D eigenvalue weighted by atomic mass is 10.1. The van der Waals surface area contributed by atoms with Gasteiger partial charge in [-0.3, -0.25) is 9.80 Å². The van der Waals surface area contributed by atoms with Gasteiger partial charge < -0.3 is 0 Å². The Labute approximate surface area is 154 Å². The molecule has 2 heterocycles. The fourth-order valence-electron chi connectivity index (χ4n) is 4.06. The standard InChI is InChI=1S/C20H22N2O3S/c1-13-6-4-8-16(10-13)21-18-11-26(24,25)12-19(18)22(20(21)23)17-9-5-7-14(2)15(17)3/h4-10,18-19H,11-12H2,1-3H3/t18-,19+/m0/s1.